The minimum Gasteiger partial charge on any atom is -0.314 e. The number of nitrogens with zero attached hydrogens (tertiary/aromatic N) is 5. The highest BCUT2D eigenvalue weighted by Crippen LogP contribution is 2.33. The Morgan fingerprint density at radius 2 is 1.43 bits per heavy atom. The molecule has 0 unspecified atom stereocenters. The van der Waals surface area contributed by atoms with Crippen LogP contribution in [-0.2, 0) is 0 Å². The van der Waals surface area contributed by atoms with E-state index in [1.807, 2.05) is 72.9 Å². The van der Waals surface area contributed by atoms with Gasteiger partial charge in [0.15, 0.2) is 10.9 Å². The van der Waals surface area contributed by atoms with Gasteiger partial charge in [-0.1, -0.05) is 78.1 Å². The second-order valence-electron chi connectivity index (χ2n) is 6.43. The minimum atomic E-state index is 0.456. The van der Waals surface area contributed by atoms with Crippen molar-refractivity contribution in [1.82, 2.24) is 25.1 Å². The number of hydrogen-bond acceptors (Lipinski definition) is 7. The van der Waals surface area contributed by atoms with Crippen molar-refractivity contribution < 1.29 is 0 Å². The fourth-order valence-corrected chi connectivity index (χ4v) is 3.80. The van der Waals surface area contributed by atoms with E-state index in [2.05, 4.69) is 37.6 Å². The first-order valence-electron chi connectivity index (χ1n) is 9.37. The molecule has 0 aliphatic rings. The van der Waals surface area contributed by atoms with E-state index in [0.29, 0.717) is 23.0 Å². The first kappa shape index (κ1) is 18.1. The molecule has 0 amide bonds. The summed E-state index contributed by atoms with van der Waals surface area (Å²) in [6.07, 6.45) is 3.57. The van der Waals surface area contributed by atoms with E-state index in [9.17, 15) is 0 Å². The summed E-state index contributed by atoms with van der Waals surface area (Å²) < 4.78 is 0. The lowest BCUT2D eigenvalue weighted by molar-refractivity contribution is 0.980. The molecule has 7 heteroatoms. The summed E-state index contributed by atoms with van der Waals surface area (Å²) in [4.78, 5) is 14.7. The number of hydrogen-bond donors (Lipinski definition) is 1. The van der Waals surface area contributed by atoms with Crippen LogP contribution in [-0.4, -0.2) is 25.1 Å². The van der Waals surface area contributed by atoms with Gasteiger partial charge in [-0.15, -0.1) is 10.2 Å². The van der Waals surface area contributed by atoms with Gasteiger partial charge in [-0.3, -0.25) is 4.98 Å². The molecule has 30 heavy (non-hydrogen) atoms. The normalized spacial score (nSPS) is 10.7. The zero-order valence-corrected chi connectivity index (χ0v) is 16.6. The quantitative estimate of drug-likeness (QED) is 0.416. The average molecular weight is 408 g/mol. The van der Waals surface area contributed by atoms with Crippen LogP contribution in [0.3, 0.4) is 0 Å². The maximum atomic E-state index is 4.72. The fraction of sp³-hybridized carbons (Fsp3) is 0. The second kappa shape index (κ2) is 8.18. The largest absolute Gasteiger partial charge is 0.314 e. The Hall–Kier alpha value is -3.97. The van der Waals surface area contributed by atoms with E-state index >= 15 is 0 Å². The molecule has 6 nitrogen and oxygen atoms in total. The smallest absolute Gasteiger partial charge is 0.202 e. The van der Waals surface area contributed by atoms with Crippen LogP contribution in [0.4, 0.5) is 10.9 Å². The van der Waals surface area contributed by atoms with Crippen LogP contribution in [0.5, 0.6) is 0 Å². The Labute approximate surface area is 177 Å². The molecule has 0 bridgehead atoms. The van der Waals surface area contributed by atoms with Gasteiger partial charge in [0.25, 0.3) is 0 Å². The van der Waals surface area contributed by atoms with Crippen LogP contribution in [0.1, 0.15) is 0 Å². The third-order valence-electron chi connectivity index (χ3n) is 4.42. The Morgan fingerprint density at radius 1 is 0.700 bits per heavy atom. The standard InChI is InChI=1S/C23H16N6S/c1-3-9-16(10-4-1)19-15-25-23(30-19)27-22-20(17-11-5-2-6-12-17)28-29-21(26-22)18-13-7-8-14-24-18/h1-15H,(H,25,26,27,29). The molecule has 0 aliphatic heterocycles. The Kier molecular flexibility index (Phi) is 4.93. The number of nitrogens with one attached hydrogen (secondary N) is 1. The van der Waals surface area contributed by atoms with Crippen LogP contribution in [0.25, 0.3) is 33.2 Å². The average Bonchev–Trinajstić information content (AvgIpc) is 3.29. The van der Waals surface area contributed by atoms with Crippen LogP contribution in [0.15, 0.2) is 91.3 Å². The van der Waals surface area contributed by atoms with E-state index in [0.717, 1.165) is 21.1 Å². The maximum Gasteiger partial charge on any atom is 0.202 e. The molecule has 3 aromatic heterocycles. The van der Waals surface area contributed by atoms with Crippen LogP contribution >= 0.6 is 11.3 Å². The van der Waals surface area contributed by atoms with Crippen LogP contribution < -0.4 is 5.32 Å². The lowest BCUT2D eigenvalue weighted by atomic mass is 10.1. The van der Waals surface area contributed by atoms with E-state index in [-0.39, 0.29) is 0 Å². The van der Waals surface area contributed by atoms with Crippen molar-refractivity contribution in [3.8, 4) is 33.2 Å². The van der Waals surface area contributed by atoms with Crippen molar-refractivity contribution >= 4 is 22.3 Å². The SMILES string of the molecule is c1ccc(-c2cnc(Nc3nc(-c4ccccn4)nnc3-c3ccccc3)s2)cc1. The molecular formula is C23H16N6S. The zero-order valence-electron chi connectivity index (χ0n) is 15.8. The highest BCUT2D eigenvalue weighted by molar-refractivity contribution is 7.18. The fourth-order valence-electron chi connectivity index (χ4n) is 2.98. The second-order valence-corrected chi connectivity index (χ2v) is 7.46. The van der Waals surface area contributed by atoms with Gasteiger partial charge in [0.05, 0.1) is 4.88 Å². The predicted molar refractivity (Wildman–Crippen MR) is 119 cm³/mol. The van der Waals surface area contributed by atoms with Gasteiger partial charge < -0.3 is 5.32 Å². The van der Waals surface area contributed by atoms with Crippen molar-refractivity contribution in [2.24, 2.45) is 0 Å². The summed E-state index contributed by atoms with van der Waals surface area (Å²) in [6.45, 7) is 0. The molecule has 5 aromatic rings. The highest BCUT2D eigenvalue weighted by Gasteiger charge is 2.15. The first-order chi connectivity index (χ1) is 14.9. The summed E-state index contributed by atoms with van der Waals surface area (Å²) in [6, 6.07) is 25.6. The summed E-state index contributed by atoms with van der Waals surface area (Å²) >= 11 is 1.56. The number of pyridine rings is 1. The molecule has 0 saturated heterocycles. The van der Waals surface area contributed by atoms with Crippen LogP contribution in [0, 0.1) is 0 Å². The van der Waals surface area contributed by atoms with Crippen molar-refractivity contribution in [2.75, 3.05) is 5.32 Å². The van der Waals surface area contributed by atoms with E-state index < -0.39 is 0 Å². The molecule has 0 fully saturated rings. The van der Waals surface area contributed by atoms with E-state index in [1.165, 1.54) is 0 Å². The topological polar surface area (TPSA) is 76.5 Å². The third kappa shape index (κ3) is 3.78. The molecule has 0 aliphatic carbocycles. The van der Waals surface area contributed by atoms with Crippen molar-refractivity contribution in [2.45, 2.75) is 0 Å². The molecular weight excluding hydrogens is 392 g/mol. The number of rotatable bonds is 5. The summed E-state index contributed by atoms with van der Waals surface area (Å²) in [5, 5.41) is 12.8. The summed E-state index contributed by atoms with van der Waals surface area (Å²) in [7, 11) is 0. The molecule has 0 spiro atoms. The Morgan fingerprint density at radius 3 is 2.17 bits per heavy atom. The minimum absolute atomic E-state index is 0.456. The van der Waals surface area contributed by atoms with Gasteiger partial charge in [-0.2, -0.15) is 0 Å². The number of thiazole rings is 1. The Bertz CT molecular complexity index is 1260. The lowest BCUT2D eigenvalue weighted by Gasteiger charge is -2.09. The van der Waals surface area contributed by atoms with Gasteiger partial charge >= 0.3 is 0 Å². The molecule has 0 radical (unpaired) electrons. The molecule has 5 rings (SSSR count). The van der Waals surface area contributed by atoms with Gasteiger partial charge in [0, 0.05) is 18.0 Å². The zero-order chi connectivity index (χ0) is 20.2. The highest BCUT2D eigenvalue weighted by atomic mass is 32.1. The Balaban J connectivity index is 1.54. The van der Waals surface area contributed by atoms with Crippen molar-refractivity contribution in [3.63, 3.8) is 0 Å². The molecule has 0 atom stereocenters. The molecule has 2 aromatic carbocycles. The van der Waals surface area contributed by atoms with Crippen molar-refractivity contribution in [1.29, 1.82) is 0 Å². The maximum absolute atomic E-state index is 4.72. The summed E-state index contributed by atoms with van der Waals surface area (Å²) in [5.41, 5.74) is 3.37. The molecule has 1 N–H and O–H groups in total. The van der Waals surface area contributed by atoms with E-state index in [4.69, 9.17) is 4.98 Å². The van der Waals surface area contributed by atoms with Gasteiger partial charge in [-0.05, 0) is 17.7 Å². The number of aromatic nitrogens is 5. The van der Waals surface area contributed by atoms with Crippen molar-refractivity contribution in [3.05, 3.63) is 91.3 Å². The predicted octanol–water partition coefficient (Wildman–Crippen LogP) is 5.47. The van der Waals surface area contributed by atoms with Gasteiger partial charge in [0.1, 0.15) is 11.4 Å². The summed E-state index contributed by atoms with van der Waals surface area (Å²) in [5.74, 6) is 1.04. The third-order valence-corrected chi connectivity index (χ3v) is 5.38. The van der Waals surface area contributed by atoms with E-state index in [1.54, 1.807) is 17.5 Å². The monoisotopic (exact) mass is 408 g/mol. The first-order valence-corrected chi connectivity index (χ1v) is 10.2. The molecule has 3 heterocycles. The number of anilines is 2. The lowest BCUT2D eigenvalue weighted by Crippen LogP contribution is -2.03. The van der Waals surface area contributed by atoms with Gasteiger partial charge in [0.2, 0.25) is 5.82 Å². The van der Waals surface area contributed by atoms with Crippen LogP contribution in [0.2, 0.25) is 0 Å². The molecule has 0 saturated carbocycles. The number of benzene rings is 2. The van der Waals surface area contributed by atoms with Gasteiger partial charge in [-0.25, -0.2) is 9.97 Å². The molecule has 144 valence electrons.